The first-order chi connectivity index (χ1) is 10.7. The fourth-order valence-corrected chi connectivity index (χ4v) is 3.42. The second kappa shape index (κ2) is 7.42. The predicted molar refractivity (Wildman–Crippen MR) is 87.9 cm³/mol. The Balaban J connectivity index is 1.60. The van der Waals surface area contributed by atoms with Gasteiger partial charge in [-0.3, -0.25) is 0 Å². The third-order valence-electron chi connectivity index (χ3n) is 4.84. The highest BCUT2D eigenvalue weighted by molar-refractivity contribution is 5.49. The number of piperidine rings is 1. The summed E-state index contributed by atoms with van der Waals surface area (Å²) in [4.78, 5) is 2.17. The number of benzene rings is 1. The molecule has 1 aromatic carbocycles. The van der Waals surface area contributed by atoms with Crippen molar-refractivity contribution in [3.05, 3.63) is 29.6 Å². The van der Waals surface area contributed by atoms with Gasteiger partial charge in [0.25, 0.3) is 0 Å². The van der Waals surface area contributed by atoms with Crippen LogP contribution in [0.15, 0.2) is 18.2 Å². The molecular weight excluding hydrogens is 279 g/mol. The van der Waals surface area contributed by atoms with E-state index in [2.05, 4.69) is 23.2 Å². The van der Waals surface area contributed by atoms with Crippen LogP contribution in [0, 0.1) is 5.82 Å². The summed E-state index contributed by atoms with van der Waals surface area (Å²) in [7, 11) is 0. The maximum atomic E-state index is 14.4. The molecule has 2 aliphatic rings. The highest BCUT2D eigenvalue weighted by atomic mass is 19.1. The molecule has 1 aromatic rings. The Morgan fingerprint density at radius 2 is 2.09 bits per heavy atom. The number of halogens is 1. The quantitative estimate of drug-likeness (QED) is 0.899. The predicted octanol–water partition coefficient (Wildman–Crippen LogP) is 3.65. The highest BCUT2D eigenvalue weighted by Gasteiger charge is 2.18. The SMILES string of the molecule is C[C@H](NC[C@@H]1CCCO1)c1ccc(N2CCCCC2)c(F)c1. The van der Waals surface area contributed by atoms with E-state index in [1.54, 1.807) is 6.07 Å². The van der Waals surface area contributed by atoms with Gasteiger partial charge in [0.1, 0.15) is 5.82 Å². The normalized spacial score (nSPS) is 23.7. The van der Waals surface area contributed by atoms with Gasteiger partial charge in [0.05, 0.1) is 11.8 Å². The average molecular weight is 306 g/mol. The molecule has 2 fully saturated rings. The fraction of sp³-hybridized carbons (Fsp3) is 0.667. The van der Waals surface area contributed by atoms with Crippen molar-refractivity contribution in [3.63, 3.8) is 0 Å². The van der Waals surface area contributed by atoms with Crippen LogP contribution in [0.4, 0.5) is 10.1 Å². The van der Waals surface area contributed by atoms with E-state index in [9.17, 15) is 4.39 Å². The van der Waals surface area contributed by atoms with Gasteiger partial charge in [-0.25, -0.2) is 4.39 Å². The topological polar surface area (TPSA) is 24.5 Å². The first kappa shape index (κ1) is 15.8. The molecule has 4 heteroatoms. The van der Waals surface area contributed by atoms with Crippen molar-refractivity contribution in [2.24, 2.45) is 0 Å². The summed E-state index contributed by atoms with van der Waals surface area (Å²) in [6.07, 6.45) is 6.20. The van der Waals surface area contributed by atoms with Crippen molar-refractivity contribution in [1.82, 2.24) is 5.32 Å². The lowest BCUT2D eigenvalue weighted by Crippen LogP contribution is -2.30. The van der Waals surface area contributed by atoms with Gasteiger partial charge in [0, 0.05) is 32.3 Å². The van der Waals surface area contributed by atoms with Crippen LogP contribution in [0.2, 0.25) is 0 Å². The van der Waals surface area contributed by atoms with E-state index in [-0.39, 0.29) is 11.9 Å². The summed E-state index contributed by atoms with van der Waals surface area (Å²) in [6.45, 7) is 5.76. The van der Waals surface area contributed by atoms with Gasteiger partial charge in [0.2, 0.25) is 0 Å². The molecule has 2 aliphatic heterocycles. The summed E-state index contributed by atoms with van der Waals surface area (Å²) >= 11 is 0. The van der Waals surface area contributed by atoms with Crippen LogP contribution in [0.3, 0.4) is 0 Å². The second-order valence-electron chi connectivity index (χ2n) is 6.52. The van der Waals surface area contributed by atoms with E-state index >= 15 is 0 Å². The molecule has 0 aromatic heterocycles. The Labute approximate surface area is 132 Å². The molecule has 2 saturated heterocycles. The molecule has 3 rings (SSSR count). The van der Waals surface area contributed by atoms with E-state index in [0.717, 1.165) is 50.3 Å². The smallest absolute Gasteiger partial charge is 0.146 e. The van der Waals surface area contributed by atoms with Crippen LogP contribution in [0.1, 0.15) is 50.6 Å². The molecule has 3 nitrogen and oxygen atoms in total. The van der Waals surface area contributed by atoms with Gasteiger partial charge >= 0.3 is 0 Å². The Hall–Kier alpha value is -1.13. The molecule has 2 heterocycles. The molecule has 1 N–H and O–H groups in total. The summed E-state index contributed by atoms with van der Waals surface area (Å²) in [6, 6.07) is 5.84. The lowest BCUT2D eigenvalue weighted by molar-refractivity contribution is 0.108. The Kier molecular flexibility index (Phi) is 5.32. The third-order valence-corrected chi connectivity index (χ3v) is 4.84. The van der Waals surface area contributed by atoms with Crippen molar-refractivity contribution in [2.45, 2.75) is 51.2 Å². The van der Waals surface area contributed by atoms with Crippen LogP contribution in [0.25, 0.3) is 0 Å². The molecule has 0 saturated carbocycles. The van der Waals surface area contributed by atoms with E-state index in [1.165, 1.54) is 19.3 Å². The molecule has 0 unspecified atom stereocenters. The van der Waals surface area contributed by atoms with Gasteiger partial charge in [0.15, 0.2) is 0 Å². The lowest BCUT2D eigenvalue weighted by atomic mass is 10.1. The molecule has 0 bridgehead atoms. The van der Waals surface area contributed by atoms with Crippen LogP contribution in [0.5, 0.6) is 0 Å². The van der Waals surface area contributed by atoms with Gasteiger partial charge < -0.3 is 15.0 Å². The molecule has 0 spiro atoms. The molecular formula is C18H27FN2O. The standard InChI is InChI=1S/C18H27FN2O/c1-14(20-13-16-6-5-11-22-16)15-7-8-18(17(19)12-15)21-9-3-2-4-10-21/h7-8,12,14,16,20H,2-6,9-11,13H2,1H3/t14-,16-/m0/s1. The van der Waals surface area contributed by atoms with Crippen molar-refractivity contribution in [1.29, 1.82) is 0 Å². The monoisotopic (exact) mass is 306 g/mol. The van der Waals surface area contributed by atoms with Gasteiger partial charge in [-0.2, -0.15) is 0 Å². The fourth-order valence-electron chi connectivity index (χ4n) is 3.42. The van der Waals surface area contributed by atoms with Gasteiger partial charge in [-0.05, 0) is 56.7 Å². The van der Waals surface area contributed by atoms with Crippen LogP contribution in [-0.2, 0) is 4.74 Å². The number of nitrogens with one attached hydrogen (secondary N) is 1. The third kappa shape index (κ3) is 3.79. The zero-order chi connectivity index (χ0) is 15.4. The molecule has 0 amide bonds. The zero-order valence-electron chi connectivity index (χ0n) is 13.5. The Morgan fingerprint density at radius 3 is 2.77 bits per heavy atom. The minimum Gasteiger partial charge on any atom is -0.377 e. The maximum Gasteiger partial charge on any atom is 0.146 e. The summed E-state index contributed by atoms with van der Waals surface area (Å²) in [5, 5.41) is 3.46. The minimum atomic E-state index is -0.0924. The van der Waals surface area contributed by atoms with E-state index in [1.807, 2.05) is 6.07 Å². The van der Waals surface area contributed by atoms with Crippen LogP contribution < -0.4 is 10.2 Å². The molecule has 2 atom stereocenters. The van der Waals surface area contributed by atoms with E-state index < -0.39 is 0 Å². The lowest BCUT2D eigenvalue weighted by Gasteiger charge is -2.29. The van der Waals surface area contributed by atoms with Gasteiger partial charge in [-0.1, -0.05) is 6.07 Å². The second-order valence-corrected chi connectivity index (χ2v) is 6.52. The number of hydrogen-bond acceptors (Lipinski definition) is 3. The molecule has 0 radical (unpaired) electrons. The maximum absolute atomic E-state index is 14.4. The number of ether oxygens (including phenoxy) is 1. The first-order valence-electron chi connectivity index (χ1n) is 8.63. The van der Waals surface area contributed by atoms with Crippen LogP contribution >= 0.6 is 0 Å². The number of rotatable bonds is 5. The number of hydrogen-bond donors (Lipinski definition) is 1. The van der Waals surface area contributed by atoms with Gasteiger partial charge in [-0.15, -0.1) is 0 Å². The number of anilines is 1. The summed E-state index contributed by atoms with van der Waals surface area (Å²) < 4.78 is 20.1. The highest BCUT2D eigenvalue weighted by Crippen LogP contribution is 2.26. The van der Waals surface area contributed by atoms with E-state index in [0.29, 0.717) is 6.10 Å². The Bertz CT molecular complexity index is 482. The number of nitrogens with zero attached hydrogens (tertiary/aromatic N) is 1. The van der Waals surface area contributed by atoms with Crippen molar-refractivity contribution < 1.29 is 9.13 Å². The van der Waals surface area contributed by atoms with Crippen LogP contribution in [-0.4, -0.2) is 32.3 Å². The molecule has 122 valence electrons. The summed E-state index contributed by atoms with van der Waals surface area (Å²) in [5.41, 5.74) is 1.77. The zero-order valence-corrected chi connectivity index (χ0v) is 13.5. The van der Waals surface area contributed by atoms with E-state index in [4.69, 9.17) is 4.74 Å². The van der Waals surface area contributed by atoms with Crippen molar-refractivity contribution in [3.8, 4) is 0 Å². The van der Waals surface area contributed by atoms with Crippen molar-refractivity contribution >= 4 is 5.69 Å². The Morgan fingerprint density at radius 1 is 1.27 bits per heavy atom. The first-order valence-corrected chi connectivity index (χ1v) is 8.63. The largest absolute Gasteiger partial charge is 0.377 e. The average Bonchev–Trinajstić information content (AvgIpc) is 3.07. The molecule has 22 heavy (non-hydrogen) atoms. The minimum absolute atomic E-state index is 0.0924. The molecule has 0 aliphatic carbocycles. The van der Waals surface area contributed by atoms with Crippen molar-refractivity contribution in [2.75, 3.05) is 31.1 Å². The summed E-state index contributed by atoms with van der Waals surface area (Å²) in [5.74, 6) is -0.0924.